The Morgan fingerprint density at radius 2 is 1.79 bits per heavy atom. The normalized spacial score (nSPS) is 27.7. The Labute approximate surface area is 131 Å². The lowest BCUT2D eigenvalue weighted by Gasteiger charge is -2.36. The number of aliphatic hydroxyl groups excluding tert-OH is 1. The molecule has 0 saturated heterocycles. The van der Waals surface area contributed by atoms with Gasteiger partial charge in [0.05, 0.1) is 11.9 Å². The number of hydrogen-bond donors (Lipinski definition) is 2. The van der Waals surface area contributed by atoms with Gasteiger partial charge < -0.3 is 9.84 Å². The molecule has 0 heterocycles. The second kappa shape index (κ2) is 10.9. The minimum Gasteiger partial charge on any atom is -0.460 e. The molecule has 0 aromatic rings. The maximum absolute atomic E-state index is 11.4. The van der Waals surface area contributed by atoms with Crippen molar-refractivity contribution >= 4 is 35.2 Å². The summed E-state index contributed by atoms with van der Waals surface area (Å²) in [7, 11) is 0. The van der Waals surface area contributed by atoms with E-state index in [1.165, 1.54) is 13.3 Å². The summed E-state index contributed by atoms with van der Waals surface area (Å²) in [6.07, 6.45) is 2.25. The molecule has 0 aromatic carbocycles. The van der Waals surface area contributed by atoms with E-state index in [-0.39, 0.29) is 23.5 Å². The molecule has 1 saturated carbocycles. The van der Waals surface area contributed by atoms with E-state index in [4.69, 9.17) is 14.5 Å². The molecule has 1 aliphatic carbocycles. The van der Waals surface area contributed by atoms with E-state index in [1.54, 1.807) is 0 Å². The Balaban J connectivity index is 0. The van der Waals surface area contributed by atoms with Crippen LogP contribution in [-0.4, -0.2) is 45.3 Å². The molecule has 2 N–H and O–H groups in total. The number of carbonyl (C=O) groups is 1. The highest BCUT2D eigenvalue weighted by atomic mass is 35.5. The zero-order valence-electron chi connectivity index (χ0n) is 11.6. The number of ether oxygens (including phenoxy) is 1. The molecule has 4 atom stereocenters. The summed E-state index contributed by atoms with van der Waals surface area (Å²) in [5.41, 5.74) is 0. The predicted octanol–water partition coefficient (Wildman–Crippen LogP) is 1.32. The highest BCUT2D eigenvalue weighted by Crippen LogP contribution is 2.35. The third-order valence-electron chi connectivity index (χ3n) is 3.57. The first kappa shape index (κ1) is 21.5. The first-order valence-electron chi connectivity index (χ1n) is 6.47. The van der Waals surface area contributed by atoms with E-state index in [0.29, 0.717) is 17.8 Å². The van der Waals surface area contributed by atoms with Gasteiger partial charge in [0.2, 0.25) is 0 Å². The molecule has 1 fully saturated rings. The van der Waals surface area contributed by atoms with Crippen LogP contribution in [0.25, 0.3) is 0 Å². The average Bonchev–Trinajstić information content (AvgIpc) is 2.31. The fraction of sp³-hybridized carbons (Fsp3) is 0.923. The fourth-order valence-corrected chi connectivity index (χ4v) is 2.50. The second-order valence-corrected chi connectivity index (χ2v) is 5.48. The van der Waals surface area contributed by atoms with Gasteiger partial charge in [0, 0.05) is 0 Å². The molecule has 4 unspecified atom stereocenters. The van der Waals surface area contributed by atoms with Crippen LogP contribution < -0.4 is 0 Å². The number of aliphatic hydroxyl groups is 1. The van der Waals surface area contributed by atoms with Gasteiger partial charge in [-0.15, -0.1) is 0 Å². The molecule has 0 radical (unpaired) electrons. The van der Waals surface area contributed by atoms with E-state index in [2.05, 4.69) is 32.6 Å². The van der Waals surface area contributed by atoms with Crippen molar-refractivity contribution in [1.82, 2.24) is 0 Å². The Morgan fingerprint density at radius 3 is 2.21 bits per heavy atom. The van der Waals surface area contributed by atoms with Gasteiger partial charge >= 0.3 is 5.97 Å². The van der Waals surface area contributed by atoms with Gasteiger partial charge in [-0.1, -0.05) is 27.2 Å². The Morgan fingerprint density at radius 1 is 1.26 bits per heavy atom. The SMILES string of the molecule is CC1CCC(C(C)C)C(OC(=O)C(C)O)C1.OCl.[AlH3]. The van der Waals surface area contributed by atoms with Crippen LogP contribution in [0.1, 0.15) is 47.0 Å². The maximum Gasteiger partial charge on any atom is 0.334 e. The van der Waals surface area contributed by atoms with E-state index in [0.717, 1.165) is 12.8 Å². The Kier molecular flexibility index (Phi) is 12.4. The average molecular weight is 311 g/mol. The zero-order chi connectivity index (χ0) is 14.3. The monoisotopic (exact) mass is 310 g/mol. The predicted molar refractivity (Wildman–Crippen MR) is 80.9 cm³/mol. The summed E-state index contributed by atoms with van der Waals surface area (Å²) in [6, 6.07) is 0. The van der Waals surface area contributed by atoms with Crippen molar-refractivity contribution in [3.05, 3.63) is 0 Å². The molecule has 0 spiro atoms. The van der Waals surface area contributed by atoms with E-state index in [9.17, 15) is 4.79 Å². The summed E-state index contributed by atoms with van der Waals surface area (Å²) in [5.74, 6) is 1.10. The third kappa shape index (κ3) is 7.53. The zero-order valence-corrected chi connectivity index (χ0v) is 12.4. The summed E-state index contributed by atoms with van der Waals surface area (Å²) < 4.78 is 11.9. The van der Waals surface area contributed by atoms with Crippen LogP contribution >= 0.6 is 11.9 Å². The van der Waals surface area contributed by atoms with E-state index >= 15 is 0 Å². The molecule has 0 aromatic heterocycles. The van der Waals surface area contributed by atoms with Crippen molar-refractivity contribution in [2.75, 3.05) is 0 Å². The lowest BCUT2D eigenvalue weighted by Crippen LogP contribution is -2.37. The Hall–Kier alpha value is 0.212. The van der Waals surface area contributed by atoms with Gasteiger partial charge in [0.1, 0.15) is 12.2 Å². The van der Waals surface area contributed by atoms with Crippen molar-refractivity contribution in [1.29, 1.82) is 0 Å². The minimum atomic E-state index is -1.01. The summed E-state index contributed by atoms with van der Waals surface area (Å²) >= 11 is 3.64. The van der Waals surface area contributed by atoms with Crippen LogP contribution in [0.15, 0.2) is 0 Å². The largest absolute Gasteiger partial charge is 0.460 e. The summed E-state index contributed by atoms with van der Waals surface area (Å²) in [4.78, 5) is 11.4. The smallest absolute Gasteiger partial charge is 0.334 e. The minimum absolute atomic E-state index is 0. The van der Waals surface area contributed by atoms with Crippen LogP contribution in [0.3, 0.4) is 0 Å². The maximum atomic E-state index is 11.4. The van der Waals surface area contributed by atoms with Gasteiger partial charge in [0.15, 0.2) is 17.4 Å². The molecule has 0 bridgehead atoms. The van der Waals surface area contributed by atoms with Gasteiger partial charge in [0.25, 0.3) is 0 Å². The van der Waals surface area contributed by atoms with E-state index < -0.39 is 12.1 Å². The van der Waals surface area contributed by atoms with Crippen molar-refractivity contribution in [2.24, 2.45) is 17.8 Å². The molecule has 0 aliphatic heterocycles. The van der Waals surface area contributed by atoms with Crippen molar-refractivity contribution in [3.8, 4) is 0 Å². The molecule has 4 nitrogen and oxygen atoms in total. The van der Waals surface area contributed by atoms with Crippen molar-refractivity contribution < 1.29 is 19.3 Å². The molecule has 19 heavy (non-hydrogen) atoms. The van der Waals surface area contributed by atoms with Crippen LogP contribution in [0.5, 0.6) is 0 Å². The lowest BCUT2D eigenvalue weighted by molar-refractivity contribution is -0.164. The number of carbonyl (C=O) groups excluding carboxylic acids is 1. The van der Waals surface area contributed by atoms with Crippen LogP contribution in [-0.2, 0) is 9.53 Å². The molecule has 1 rings (SSSR count). The van der Waals surface area contributed by atoms with Gasteiger partial charge in [-0.25, -0.2) is 4.79 Å². The standard InChI is InChI=1S/C13H24O3.Al.ClHO.3H/c1-8(2)11-6-5-9(3)7-12(11)16-13(15)10(4)14;;1-2;;;/h8-12,14H,5-7H2,1-4H3;;2H;;;. The fourth-order valence-electron chi connectivity index (χ4n) is 2.50. The molecule has 1 aliphatic rings. The van der Waals surface area contributed by atoms with Crippen molar-refractivity contribution in [3.63, 3.8) is 0 Å². The third-order valence-corrected chi connectivity index (χ3v) is 3.57. The number of hydrogen-bond acceptors (Lipinski definition) is 4. The van der Waals surface area contributed by atoms with E-state index in [1.807, 2.05) is 0 Å². The lowest BCUT2D eigenvalue weighted by atomic mass is 9.75. The molecule has 0 amide bonds. The molecule has 6 heteroatoms. The first-order chi connectivity index (χ1) is 8.41. The van der Waals surface area contributed by atoms with Crippen molar-refractivity contribution in [2.45, 2.75) is 59.2 Å². The van der Waals surface area contributed by atoms with Gasteiger partial charge in [-0.2, -0.15) is 0 Å². The topological polar surface area (TPSA) is 66.8 Å². The first-order valence-corrected chi connectivity index (χ1v) is 6.81. The molecule has 114 valence electrons. The van der Waals surface area contributed by atoms with Crippen LogP contribution in [0.2, 0.25) is 0 Å². The number of rotatable bonds is 3. The van der Waals surface area contributed by atoms with Gasteiger partial charge in [-0.3, -0.25) is 4.66 Å². The molecular weight excluding hydrogens is 283 g/mol. The van der Waals surface area contributed by atoms with Gasteiger partial charge in [-0.05, 0) is 37.5 Å². The summed E-state index contributed by atoms with van der Waals surface area (Å²) in [6.45, 7) is 7.99. The second-order valence-electron chi connectivity index (χ2n) is 5.48. The highest BCUT2D eigenvalue weighted by Gasteiger charge is 2.33. The molecular formula is C13H28AlClO4. The highest BCUT2D eigenvalue weighted by molar-refractivity contribution is 6.04. The quantitative estimate of drug-likeness (QED) is 0.609. The van der Waals surface area contributed by atoms with Crippen LogP contribution in [0, 0.1) is 17.8 Å². The number of halogens is 1. The van der Waals surface area contributed by atoms with Crippen LogP contribution in [0.4, 0.5) is 0 Å². The summed E-state index contributed by atoms with van der Waals surface area (Å²) in [5, 5.41) is 9.17. The Bertz CT molecular complexity index is 249. The number of esters is 1.